The highest BCUT2D eigenvalue weighted by atomic mass is 19.3. The molecule has 2 amide bonds. The molecular formula is C23H19F3N2O3. The predicted octanol–water partition coefficient (Wildman–Crippen LogP) is 4.92. The number of ether oxygens (including phenoxy) is 1. The standard InChI is InChI=1S/C23H19F3N2O3/c1-14-10-11-15(12-19(14)28-22(30)17-7-3-4-8-18(17)24)21(29)27-13-16-6-2-5-9-20(16)31-23(25)26/h2-12,23H,13H2,1H3,(H,27,29)(H,28,30). The van der Waals surface area contributed by atoms with E-state index in [1.807, 2.05) is 0 Å². The van der Waals surface area contributed by atoms with E-state index in [9.17, 15) is 22.8 Å². The van der Waals surface area contributed by atoms with Crippen LogP contribution in [0.1, 0.15) is 31.8 Å². The third-order valence-corrected chi connectivity index (χ3v) is 4.49. The van der Waals surface area contributed by atoms with Crippen LogP contribution in [0.4, 0.5) is 18.9 Å². The fraction of sp³-hybridized carbons (Fsp3) is 0.130. The van der Waals surface area contributed by atoms with Crippen LogP contribution >= 0.6 is 0 Å². The molecule has 0 aromatic heterocycles. The van der Waals surface area contributed by atoms with Crippen LogP contribution in [0.25, 0.3) is 0 Å². The van der Waals surface area contributed by atoms with Gasteiger partial charge in [0, 0.05) is 23.4 Å². The van der Waals surface area contributed by atoms with E-state index >= 15 is 0 Å². The maximum absolute atomic E-state index is 13.8. The SMILES string of the molecule is Cc1ccc(C(=O)NCc2ccccc2OC(F)F)cc1NC(=O)c1ccccc1F. The first kappa shape index (κ1) is 21.9. The lowest BCUT2D eigenvalue weighted by Crippen LogP contribution is -2.24. The second-order valence-electron chi connectivity index (χ2n) is 6.63. The highest BCUT2D eigenvalue weighted by Crippen LogP contribution is 2.21. The third-order valence-electron chi connectivity index (χ3n) is 4.49. The second-order valence-corrected chi connectivity index (χ2v) is 6.63. The lowest BCUT2D eigenvalue weighted by molar-refractivity contribution is -0.0504. The summed E-state index contributed by atoms with van der Waals surface area (Å²) in [7, 11) is 0. The van der Waals surface area contributed by atoms with Crippen molar-refractivity contribution in [2.24, 2.45) is 0 Å². The van der Waals surface area contributed by atoms with Gasteiger partial charge in [-0.1, -0.05) is 36.4 Å². The van der Waals surface area contributed by atoms with Crippen LogP contribution in [0.5, 0.6) is 5.75 Å². The molecule has 31 heavy (non-hydrogen) atoms. The van der Waals surface area contributed by atoms with Crippen molar-refractivity contribution in [1.82, 2.24) is 5.32 Å². The Labute approximate surface area is 176 Å². The molecule has 0 bridgehead atoms. The summed E-state index contributed by atoms with van der Waals surface area (Å²) in [6.07, 6.45) is 0. The molecule has 0 saturated heterocycles. The number of aryl methyl sites for hydroxylation is 1. The molecule has 0 fully saturated rings. The quantitative estimate of drug-likeness (QED) is 0.562. The van der Waals surface area contributed by atoms with Crippen LogP contribution in [-0.2, 0) is 6.54 Å². The van der Waals surface area contributed by atoms with E-state index in [1.165, 1.54) is 30.3 Å². The van der Waals surface area contributed by atoms with Gasteiger partial charge in [0.15, 0.2) is 0 Å². The lowest BCUT2D eigenvalue weighted by Gasteiger charge is -2.13. The van der Waals surface area contributed by atoms with E-state index in [0.717, 1.165) is 0 Å². The van der Waals surface area contributed by atoms with Crippen LogP contribution in [0.3, 0.4) is 0 Å². The Morgan fingerprint density at radius 3 is 2.42 bits per heavy atom. The molecule has 0 aliphatic carbocycles. The van der Waals surface area contributed by atoms with Crippen LogP contribution in [-0.4, -0.2) is 18.4 Å². The summed E-state index contributed by atoms with van der Waals surface area (Å²) in [5.41, 5.74) is 1.53. The van der Waals surface area contributed by atoms with Gasteiger partial charge in [0.05, 0.1) is 5.56 Å². The number of halogens is 3. The molecule has 0 heterocycles. The normalized spacial score (nSPS) is 10.6. The van der Waals surface area contributed by atoms with Gasteiger partial charge in [0.2, 0.25) is 0 Å². The van der Waals surface area contributed by atoms with Gasteiger partial charge < -0.3 is 15.4 Å². The number of nitrogens with one attached hydrogen (secondary N) is 2. The van der Waals surface area contributed by atoms with E-state index in [2.05, 4.69) is 15.4 Å². The monoisotopic (exact) mass is 428 g/mol. The predicted molar refractivity (Wildman–Crippen MR) is 110 cm³/mol. The molecule has 0 atom stereocenters. The Morgan fingerprint density at radius 2 is 1.68 bits per heavy atom. The molecule has 2 N–H and O–H groups in total. The van der Waals surface area contributed by atoms with Crippen molar-refractivity contribution in [2.75, 3.05) is 5.32 Å². The zero-order chi connectivity index (χ0) is 22.4. The molecule has 0 radical (unpaired) electrons. The summed E-state index contributed by atoms with van der Waals surface area (Å²) in [4.78, 5) is 24.9. The van der Waals surface area contributed by atoms with Crippen molar-refractivity contribution in [3.8, 4) is 5.75 Å². The van der Waals surface area contributed by atoms with E-state index in [0.29, 0.717) is 16.8 Å². The summed E-state index contributed by atoms with van der Waals surface area (Å²) in [6.45, 7) is -1.28. The van der Waals surface area contributed by atoms with Crippen molar-refractivity contribution in [1.29, 1.82) is 0 Å². The van der Waals surface area contributed by atoms with E-state index in [-0.39, 0.29) is 23.4 Å². The highest BCUT2D eigenvalue weighted by molar-refractivity contribution is 6.05. The Balaban J connectivity index is 1.72. The molecule has 3 aromatic carbocycles. The Morgan fingerprint density at radius 1 is 0.968 bits per heavy atom. The molecule has 3 rings (SSSR count). The van der Waals surface area contributed by atoms with Gasteiger partial charge in [0.25, 0.3) is 11.8 Å². The first-order valence-corrected chi connectivity index (χ1v) is 9.32. The first-order chi connectivity index (χ1) is 14.8. The minimum Gasteiger partial charge on any atom is -0.434 e. The van der Waals surface area contributed by atoms with Gasteiger partial charge in [-0.25, -0.2) is 4.39 Å². The molecule has 5 nitrogen and oxygen atoms in total. The average Bonchev–Trinajstić information content (AvgIpc) is 2.74. The molecule has 0 aliphatic heterocycles. The highest BCUT2D eigenvalue weighted by Gasteiger charge is 2.15. The van der Waals surface area contributed by atoms with Gasteiger partial charge in [-0.05, 0) is 42.8 Å². The summed E-state index contributed by atoms with van der Waals surface area (Å²) in [5.74, 6) is -1.80. The molecule has 160 valence electrons. The van der Waals surface area contributed by atoms with Crippen molar-refractivity contribution < 1.29 is 27.5 Å². The molecule has 0 saturated carbocycles. The summed E-state index contributed by atoms with van der Waals surface area (Å²) >= 11 is 0. The van der Waals surface area contributed by atoms with Crippen molar-refractivity contribution in [3.63, 3.8) is 0 Å². The van der Waals surface area contributed by atoms with Gasteiger partial charge in [-0.2, -0.15) is 8.78 Å². The Bertz CT molecular complexity index is 1100. The van der Waals surface area contributed by atoms with E-state index in [4.69, 9.17) is 0 Å². The maximum Gasteiger partial charge on any atom is 0.387 e. The topological polar surface area (TPSA) is 67.4 Å². The number of hydrogen-bond donors (Lipinski definition) is 2. The van der Waals surface area contributed by atoms with Crippen LogP contribution in [0.2, 0.25) is 0 Å². The zero-order valence-corrected chi connectivity index (χ0v) is 16.5. The summed E-state index contributed by atoms with van der Waals surface area (Å²) in [5, 5.41) is 5.24. The van der Waals surface area contributed by atoms with Crippen molar-refractivity contribution in [2.45, 2.75) is 20.1 Å². The van der Waals surface area contributed by atoms with E-state index in [1.54, 1.807) is 43.3 Å². The minimum absolute atomic E-state index is 0.0282. The molecule has 0 aliphatic rings. The number of carbonyl (C=O) groups is 2. The number of amides is 2. The van der Waals surface area contributed by atoms with Crippen molar-refractivity contribution >= 4 is 17.5 Å². The number of para-hydroxylation sites is 1. The number of hydrogen-bond acceptors (Lipinski definition) is 3. The van der Waals surface area contributed by atoms with Crippen molar-refractivity contribution in [3.05, 3.63) is 94.8 Å². The number of alkyl halides is 2. The maximum atomic E-state index is 13.8. The van der Waals surface area contributed by atoms with Crippen LogP contribution < -0.4 is 15.4 Å². The minimum atomic E-state index is -2.98. The van der Waals surface area contributed by atoms with Gasteiger partial charge >= 0.3 is 6.61 Å². The number of anilines is 1. The number of benzene rings is 3. The fourth-order valence-electron chi connectivity index (χ4n) is 2.87. The second kappa shape index (κ2) is 9.80. The lowest BCUT2D eigenvalue weighted by atomic mass is 10.1. The average molecular weight is 428 g/mol. The molecule has 8 heteroatoms. The van der Waals surface area contributed by atoms with Crippen LogP contribution in [0.15, 0.2) is 66.7 Å². The Kier molecular flexibility index (Phi) is 6.92. The van der Waals surface area contributed by atoms with E-state index < -0.39 is 24.2 Å². The number of carbonyl (C=O) groups excluding carboxylic acids is 2. The largest absolute Gasteiger partial charge is 0.434 e. The molecule has 0 unspecified atom stereocenters. The van der Waals surface area contributed by atoms with Gasteiger partial charge in [-0.3, -0.25) is 9.59 Å². The van der Waals surface area contributed by atoms with Gasteiger partial charge in [-0.15, -0.1) is 0 Å². The smallest absolute Gasteiger partial charge is 0.387 e. The Hall–Kier alpha value is -3.81. The third kappa shape index (κ3) is 5.63. The summed E-state index contributed by atoms with van der Waals surface area (Å²) < 4.78 is 43.4. The fourth-order valence-corrected chi connectivity index (χ4v) is 2.87. The molecule has 3 aromatic rings. The van der Waals surface area contributed by atoms with Crippen LogP contribution in [0, 0.1) is 12.7 Å². The molecular weight excluding hydrogens is 409 g/mol. The summed E-state index contributed by atoms with van der Waals surface area (Å²) in [6, 6.07) is 16.4. The number of rotatable bonds is 7. The zero-order valence-electron chi connectivity index (χ0n) is 16.5. The first-order valence-electron chi connectivity index (χ1n) is 9.32. The van der Waals surface area contributed by atoms with Gasteiger partial charge in [0.1, 0.15) is 11.6 Å². The molecule has 0 spiro atoms.